The monoisotopic (exact) mass is 404 g/mol. The van der Waals surface area contributed by atoms with Gasteiger partial charge in [0.1, 0.15) is 5.82 Å². The van der Waals surface area contributed by atoms with Crippen LogP contribution in [0.25, 0.3) is 10.8 Å². The zero-order chi connectivity index (χ0) is 21.3. The van der Waals surface area contributed by atoms with Crippen LogP contribution in [0.5, 0.6) is 0 Å². The minimum atomic E-state index is -0.240. The van der Waals surface area contributed by atoms with Gasteiger partial charge in [-0.05, 0) is 50.1 Å². The van der Waals surface area contributed by atoms with Crippen molar-refractivity contribution in [2.45, 2.75) is 33.4 Å². The zero-order valence-electron chi connectivity index (χ0n) is 17.5. The maximum atomic E-state index is 15.0. The molecule has 0 spiro atoms. The van der Waals surface area contributed by atoms with Crippen molar-refractivity contribution in [1.29, 1.82) is 5.26 Å². The molecule has 1 atom stereocenters. The molecular formula is C23H25FN6. The fourth-order valence-corrected chi connectivity index (χ4v) is 3.99. The zero-order valence-corrected chi connectivity index (χ0v) is 17.5. The second-order valence-electron chi connectivity index (χ2n) is 7.84. The minimum absolute atomic E-state index is 0.240. The van der Waals surface area contributed by atoms with E-state index >= 15 is 0 Å². The van der Waals surface area contributed by atoms with Gasteiger partial charge in [-0.15, -0.1) is 5.10 Å². The maximum absolute atomic E-state index is 15.0. The molecule has 0 radical (unpaired) electrons. The quantitative estimate of drug-likeness (QED) is 0.691. The highest BCUT2D eigenvalue weighted by Crippen LogP contribution is 2.31. The van der Waals surface area contributed by atoms with Crippen molar-refractivity contribution >= 4 is 22.3 Å². The van der Waals surface area contributed by atoms with E-state index in [2.05, 4.69) is 38.7 Å². The van der Waals surface area contributed by atoms with E-state index in [1.807, 2.05) is 38.1 Å². The fraction of sp³-hybridized carbons (Fsp3) is 0.348. The van der Waals surface area contributed by atoms with Gasteiger partial charge in [0.05, 0.1) is 23.0 Å². The maximum Gasteiger partial charge on any atom is 0.156 e. The van der Waals surface area contributed by atoms with E-state index in [-0.39, 0.29) is 5.82 Å². The van der Waals surface area contributed by atoms with Gasteiger partial charge in [0.15, 0.2) is 5.82 Å². The van der Waals surface area contributed by atoms with Crippen molar-refractivity contribution in [1.82, 2.24) is 15.5 Å². The Bertz CT molecular complexity index is 1140. The normalized spacial score (nSPS) is 16.5. The smallest absolute Gasteiger partial charge is 0.156 e. The number of piperazine rings is 1. The van der Waals surface area contributed by atoms with Crippen molar-refractivity contribution in [3.63, 3.8) is 0 Å². The van der Waals surface area contributed by atoms with Crippen molar-refractivity contribution < 1.29 is 4.39 Å². The van der Waals surface area contributed by atoms with Gasteiger partial charge in [-0.3, -0.25) is 0 Å². The Balaban J connectivity index is 1.71. The SMILES string of the molecule is Cc1c(C#N)cccc1CNc1nnc(C)c2cc(F)c(N3CCNC(C)C3)cc12. The highest BCUT2D eigenvalue weighted by atomic mass is 19.1. The van der Waals surface area contributed by atoms with Gasteiger partial charge < -0.3 is 15.5 Å². The van der Waals surface area contributed by atoms with Crippen LogP contribution in [0, 0.1) is 31.0 Å². The number of fused-ring (bicyclic) bond motifs is 1. The number of hydrogen-bond acceptors (Lipinski definition) is 6. The summed E-state index contributed by atoms with van der Waals surface area (Å²) in [6.07, 6.45) is 0. The Morgan fingerprint density at radius 2 is 2.10 bits per heavy atom. The first-order valence-corrected chi connectivity index (χ1v) is 10.1. The number of anilines is 2. The summed E-state index contributed by atoms with van der Waals surface area (Å²) in [7, 11) is 0. The molecule has 1 aliphatic rings. The lowest BCUT2D eigenvalue weighted by molar-refractivity contribution is 0.479. The average Bonchev–Trinajstić information content (AvgIpc) is 2.74. The summed E-state index contributed by atoms with van der Waals surface area (Å²) >= 11 is 0. The van der Waals surface area contributed by atoms with E-state index in [4.69, 9.17) is 0 Å². The van der Waals surface area contributed by atoms with Gasteiger partial charge in [0, 0.05) is 43.0 Å². The molecule has 1 aliphatic heterocycles. The van der Waals surface area contributed by atoms with Crippen molar-refractivity contribution in [3.05, 3.63) is 58.5 Å². The number of rotatable bonds is 4. The largest absolute Gasteiger partial charge is 0.366 e. The van der Waals surface area contributed by atoms with E-state index in [1.165, 1.54) is 0 Å². The van der Waals surface area contributed by atoms with Crippen LogP contribution in [0.2, 0.25) is 0 Å². The Morgan fingerprint density at radius 3 is 2.87 bits per heavy atom. The van der Waals surface area contributed by atoms with E-state index in [1.54, 1.807) is 6.07 Å². The van der Waals surface area contributed by atoms with Gasteiger partial charge in [-0.2, -0.15) is 10.4 Å². The molecule has 0 saturated carbocycles. The number of halogens is 1. The Hall–Kier alpha value is -3.24. The summed E-state index contributed by atoms with van der Waals surface area (Å²) in [5.41, 5.74) is 3.90. The third-order valence-electron chi connectivity index (χ3n) is 5.75. The molecule has 1 fully saturated rings. The van der Waals surface area contributed by atoms with Crippen LogP contribution < -0.4 is 15.5 Å². The van der Waals surface area contributed by atoms with Crippen LogP contribution in [0.4, 0.5) is 15.9 Å². The lowest BCUT2D eigenvalue weighted by Crippen LogP contribution is -2.49. The lowest BCUT2D eigenvalue weighted by atomic mass is 10.0. The van der Waals surface area contributed by atoms with Crippen LogP contribution in [0.1, 0.15) is 29.3 Å². The van der Waals surface area contributed by atoms with Gasteiger partial charge >= 0.3 is 0 Å². The Kier molecular flexibility index (Phi) is 5.51. The van der Waals surface area contributed by atoms with E-state index in [0.717, 1.165) is 41.5 Å². The second kappa shape index (κ2) is 8.25. The van der Waals surface area contributed by atoms with Crippen LogP contribution >= 0.6 is 0 Å². The van der Waals surface area contributed by atoms with E-state index in [0.29, 0.717) is 35.3 Å². The topological polar surface area (TPSA) is 76.9 Å². The summed E-state index contributed by atoms with van der Waals surface area (Å²) in [5, 5.41) is 26.2. The predicted octanol–water partition coefficient (Wildman–Crippen LogP) is 3.67. The molecule has 1 saturated heterocycles. The van der Waals surface area contributed by atoms with E-state index < -0.39 is 0 Å². The third-order valence-corrected chi connectivity index (χ3v) is 5.75. The number of nitriles is 1. The molecule has 2 heterocycles. The van der Waals surface area contributed by atoms with Gasteiger partial charge in [-0.1, -0.05) is 12.1 Å². The van der Waals surface area contributed by atoms with Crippen LogP contribution in [0.3, 0.4) is 0 Å². The predicted molar refractivity (Wildman–Crippen MR) is 117 cm³/mol. The van der Waals surface area contributed by atoms with Gasteiger partial charge in [-0.25, -0.2) is 4.39 Å². The lowest BCUT2D eigenvalue weighted by Gasteiger charge is -2.34. The number of hydrogen-bond donors (Lipinski definition) is 2. The van der Waals surface area contributed by atoms with Crippen molar-refractivity contribution in [3.8, 4) is 6.07 Å². The summed E-state index contributed by atoms with van der Waals surface area (Å²) in [6.45, 7) is 8.72. The number of nitrogens with one attached hydrogen (secondary N) is 2. The molecule has 7 heteroatoms. The summed E-state index contributed by atoms with van der Waals surface area (Å²) < 4.78 is 15.0. The molecule has 0 amide bonds. The van der Waals surface area contributed by atoms with Gasteiger partial charge in [0.25, 0.3) is 0 Å². The molecule has 1 aromatic heterocycles. The average molecular weight is 404 g/mol. The van der Waals surface area contributed by atoms with E-state index in [9.17, 15) is 9.65 Å². The van der Waals surface area contributed by atoms with Gasteiger partial charge in [0.2, 0.25) is 0 Å². The molecular weight excluding hydrogens is 379 g/mol. The van der Waals surface area contributed by atoms with Crippen molar-refractivity contribution in [2.24, 2.45) is 0 Å². The second-order valence-corrected chi connectivity index (χ2v) is 7.84. The molecule has 2 N–H and O–H groups in total. The Labute approximate surface area is 175 Å². The molecule has 6 nitrogen and oxygen atoms in total. The molecule has 0 bridgehead atoms. The highest BCUT2D eigenvalue weighted by Gasteiger charge is 2.21. The summed E-state index contributed by atoms with van der Waals surface area (Å²) in [6, 6.07) is 11.6. The van der Waals surface area contributed by atoms with Crippen LogP contribution in [-0.2, 0) is 6.54 Å². The molecule has 3 aromatic rings. The molecule has 154 valence electrons. The molecule has 0 aliphatic carbocycles. The standard InChI is InChI=1S/C23H25FN6/c1-14-13-30(8-7-26-14)22-10-20-19(9-21(22)24)16(3)28-29-23(20)27-12-18-6-4-5-17(11-25)15(18)2/h4-6,9-10,14,26H,7-8,12-13H2,1-3H3,(H,27,29). The highest BCUT2D eigenvalue weighted by molar-refractivity contribution is 5.95. The molecule has 30 heavy (non-hydrogen) atoms. The number of aromatic nitrogens is 2. The summed E-state index contributed by atoms with van der Waals surface area (Å²) in [5.74, 6) is 0.373. The molecule has 2 aromatic carbocycles. The first kappa shape index (κ1) is 20.0. The fourth-order valence-electron chi connectivity index (χ4n) is 3.99. The summed E-state index contributed by atoms with van der Waals surface area (Å²) in [4.78, 5) is 2.08. The van der Waals surface area contributed by atoms with Crippen LogP contribution in [-0.4, -0.2) is 35.9 Å². The Morgan fingerprint density at radius 1 is 1.27 bits per heavy atom. The minimum Gasteiger partial charge on any atom is -0.366 e. The molecule has 4 rings (SSSR count). The first-order valence-electron chi connectivity index (χ1n) is 10.1. The third kappa shape index (κ3) is 3.79. The number of aryl methyl sites for hydroxylation is 1. The first-order chi connectivity index (χ1) is 14.5. The number of benzene rings is 2. The number of nitrogens with zero attached hydrogens (tertiary/aromatic N) is 4. The molecule has 1 unspecified atom stereocenters. The van der Waals surface area contributed by atoms with Crippen molar-refractivity contribution in [2.75, 3.05) is 29.9 Å². The van der Waals surface area contributed by atoms with Crippen LogP contribution in [0.15, 0.2) is 30.3 Å².